The van der Waals surface area contributed by atoms with Crippen molar-refractivity contribution in [3.05, 3.63) is 48.7 Å². The van der Waals surface area contributed by atoms with Crippen molar-refractivity contribution < 1.29 is 9.15 Å². The molecule has 1 saturated heterocycles. The number of fused-ring (bicyclic) bond motifs is 2. The standard InChI is InChI=1S/C15H11N3O2.C4H9N/c1-19-15-7-6-14-16-9-11(18(14)17-15)13-8-10-4-2-3-5-12(10)20-13;1-2-4-5-3-1/h2-9H,1H3;5H,1-4H2. The van der Waals surface area contributed by atoms with Gasteiger partial charge in [-0.15, -0.1) is 5.10 Å². The number of ether oxygens (including phenoxy) is 1. The van der Waals surface area contributed by atoms with E-state index in [2.05, 4.69) is 15.4 Å². The van der Waals surface area contributed by atoms with Crippen LogP contribution in [0, 0.1) is 0 Å². The Morgan fingerprint density at radius 2 is 1.96 bits per heavy atom. The number of nitrogens with one attached hydrogen (secondary N) is 1. The fourth-order valence-electron chi connectivity index (χ4n) is 2.87. The third kappa shape index (κ3) is 3.21. The maximum Gasteiger partial charge on any atom is 0.231 e. The van der Waals surface area contributed by atoms with Gasteiger partial charge in [-0.3, -0.25) is 0 Å². The zero-order chi connectivity index (χ0) is 17.1. The molecular weight excluding hydrogens is 316 g/mol. The second kappa shape index (κ2) is 6.94. The van der Waals surface area contributed by atoms with Crippen molar-refractivity contribution >= 4 is 16.6 Å². The first-order valence-corrected chi connectivity index (χ1v) is 8.43. The van der Waals surface area contributed by atoms with Gasteiger partial charge in [0.1, 0.15) is 11.3 Å². The highest BCUT2D eigenvalue weighted by Crippen LogP contribution is 2.28. The predicted molar refractivity (Wildman–Crippen MR) is 96.9 cm³/mol. The summed E-state index contributed by atoms with van der Waals surface area (Å²) in [6, 6.07) is 13.5. The van der Waals surface area contributed by atoms with E-state index in [1.165, 1.54) is 25.9 Å². The number of rotatable bonds is 2. The Bertz CT molecular complexity index is 945. The van der Waals surface area contributed by atoms with Crippen molar-refractivity contribution in [1.82, 2.24) is 19.9 Å². The van der Waals surface area contributed by atoms with E-state index in [9.17, 15) is 0 Å². The molecule has 1 N–H and O–H groups in total. The highest BCUT2D eigenvalue weighted by Gasteiger charge is 2.12. The lowest BCUT2D eigenvalue weighted by atomic mass is 10.2. The van der Waals surface area contributed by atoms with Gasteiger partial charge in [0.05, 0.1) is 13.3 Å². The molecule has 0 spiro atoms. The minimum absolute atomic E-state index is 0.535. The molecule has 0 bridgehead atoms. The SMILES string of the molecule is C1CCNC1.COc1ccc2ncc(-c3cc4ccccc4o3)n2n1. The summed E-state index contributed by atoms with van der Waals surface area (Å²) in [5, 5.41) is 8.65. The molecule has 5 rings (SSSR count). The van der Waals surface area contributed by atoms with Gasteiger partial charge in [-0.05, 0) is 44.1 Å². The van der Waals surface area contributed by atoms with E-state index in [0.717, 1.165) is 28.1 Å². The van der Waals surface area contributed by atoms with Crippen LogP contribution in [0.4, 0.5) is 0 Å². The average Bonchev–Trinajstić information content (AvgIpc) is 3.41. The average molecular weight is 336 g/mol. The molecule has 0 amide bonds. The van der Waals surface area contributed by atoms with Crippen molar-refractivity contribution in [3.63, 3.8) is 0 Å². The Morgan fingerprint density at radius 1 is 1.12 bits per heavy atom. The zero-order valence-corrected chi connectivity index (χ0v) is 14.1. The van der Waals surface area contributed by atoms with Crippen LogP contribution < -0.4 is 10.1 Å². The quantitative estimate of drug-likeness (QED) is 0.607. The maximum atomic E-state index is 5.85. The summed E-state index contributed by atoms with van der Waals surface area (Å²) in [7, 11) is 1.59. The molecule has 0 saturated carbocycles. The number of benzene rings is 1. The first kappa shape index (κ1) is 15.7. The monoisotopic (exact) mass is 336 g/mol. The van der Waals surface area contributed by atoms with Gasteiger partial charge in [0.15, 0.2) is 11.4 Å². The first-order chi connectivity index (χ1) is 12.3. The molecule has 25 heavy (non-hydrogen) atoms. The van der Waals surface area contributed by atoms with Crippen LogP contribution in [-0.4, -0.2) is 34.8 Å². The molecule has 6 heteroatoms. The summed E-state index contributed by atoms with van der Waals surface area (Å²) in [6.07, 6.45) is 4.53. The van der Waals surface area contributed by atoms with Crippen molar-refractivity contribution in [2.45, 2.75) is 12.8 Å². The van der Waals surface area contributed by atoms with Gasteiger partial charge in [-0.2, -0.15) is 0 Å². The van der Waals surface area contributed by atoms with Gasteiger partial charge in [0.25, 0.3) is 0 Å². The van der Waals surface area contributed by atoms with E-state index < -0.39 is 0 Å². The number of hydrogen-bond acceptors (Lipinski definition) is 5. The number of furan rings is 1. The van der Waals surface area contributed by atoms with E-state index in [4.69, 9.17) is 9.15 Å². The number of methoxy groups -OCH3 is 1. The fraction of sp³-hybridized carbons (Fsp3) is 0.263. The molecule has 0 aliphatic carbocycles. The van der Waals surface area contributed by atoms with Gasteiger partial charge < -0.3 is 14.5 Å². The number of aromatic nitrogens is 3. The van der Waals surface area contributed by atoms with E-state index in [-0.39, 0.29) is 0 Å². The summed E-state index contributed by atoms with van der Waals surface area (Å²) < 4.78 is 12.7. The number of para-hydroxylation sites is 1. The molecule has 0 atom stereocenters. The van der Waals surface area contributed by atoms with Crippen LogP contribution in [0.5, 0.6) is 5.88 Å². The fourth-order valence-corrected chi connectivity index (χ4v) is 2.87. The van der Waals surface area contributed by atoms with E-state index in [0.29, 0.717) is 5.88 Å². The molecule has 0 radical (unpaired) electrons. The number of imidazole rings is 1. The first-order valence-electron chi connectivity index (χ1n) is 8.43. The molecule has 6 nitrogen and oxygen atoms in total. The van der Waals surface area contributed by atoms with Crippen molar-refractivity contribution in [2.24, 2.45) is 0 Å². The predicted octanol–water partition coefficient (Wildman–Crippen LogP) is 3.52. The Balaban J connectivity index is 0.000000272. The van der Waals surface area contributed by atoms with Crippen LogP contribution in [-0.2, 0) is 0 Å². The summed E-state index contributed by atoms with van der Waals surface area (Å²) >= 11 is 0. The molecular formula is C19H20N4O2. The molecule has 4 aromatic rings. The molecule has 0 unspecified atom stereocenters. The maximum absolute atomic E-state index is 5.85. The minimum Gasteiger partial charge on any atom is -0.480 e. The molecule has 1 fully saturated rings. The Morgan fingerprint density at radius 3 is 2.68 bits per heavy atom. The van der Waals surface area contributed by atoms with Crippen LogP contribution in [0.15, 0.2) is 53.1 Å². The molecule has 1 aliphatic rings. The van der Waals surface area contributed by atoms with Gasteiger partial charge in [-0.25, -0.2) is 9.50 Å². The lowest BCUT2D eigenvalue weighted by Crippen LogP contribution is -2.03. The Labute approximate surface area is 145 Å². The number of hydrogen-bond donors (Lipinski definition) is 1. The van der Waals surface area contributed by atoms with Crippen LogP contribution in [0.3, 0.4) is 0 Å². The smallest absolute Gasteiger partial charge is 0.231 e. The lowest BCUT2D eigenvalue weighted by Gasteiger charge is -2.00. The zero-order valence-electron chi connectivity index (χ0n) is 14.1. The summed E-state index contributed by atoms with van der Waals surface area (Å²) in [4.78, 5) is 4.33. The molecule has 4 heterocycles. The second-order valence-corrected chi connectivity index (χ2v) is 5.89. The van der Waals surface area contributed by atoms with E-state index in [1.54, 1.807) is 23.9 Å². The van der Waals surface area contributed by atoms with Crippen molar-refractivity contribution in [1.29, 1.82) is 0 Å². The van der Waals surface area contributed by atoms with E-state index in [1.807, 2.05) is 36.4 Å². The highest BCUT2D eigenvalue weighted by atomic mass is 16.5. The summed E-state index contributed by atoms with van der Waals surface area (Å²) in [5.74, 6) is 1.27. The minimum atomic E-state index is 0.535. The molecule has 1 aromatic carbocycles. The van der Waals surface area contributed by atoms with Crippen LogP contribution in [0.2, 0.25) is 0 Å². The van der Waals surface area contributed by atoms with Gasteiger partial charge in [0, 0.05) is 11.5 Å². The van der Waals surface area contributed by atoms with E-state index >= 15 is 0 Å². The van der Waals surface area contributed by atoms with Gasteiger partial charge in [-0.1, -0.05) is 18.2 Å². The topological polar surface area (TPSA) is 64.6 Å². The number of nitrogens with zero attached hydrogens (tertiary/aromatic N) is 3. The molecule has 3 aromatic heterocycles. The van der Waals surface area contributed by atoms with Crippen LogP contribution in [0.1, 0.15) is 12.8 Å². The normalized spacial score (nSPS) is 13.8. The molecule has 1 aliphatic heterocycles. The van der Waals surface area contributed by atoms with Crippen LogP contribution in [0.25, 0.3) is 28.1 Å². The molecule has 128 valence electrons. The van der Waals surface area contributed by atoms with Crippen molar-refractivity contribution in [3.8, 4) is 17.3 Å². The summed E-state index contributed by atoms with van der Waals surface area (Å²) in [5.41, 5.74) is 2.40. The highest BCUT2D eigenvalue weighted by molar-refractivity contribution is 5.82. The Kier molecular flexibility index (Phi) is 4.35. The van der Waals surface area contributed by atoms with Crippen LogP contribution >= 0.6 is 0 Å². The second-order valence-electron chi connectivity index (χ2n) is 5.89. The third-order valence-electron chi connectivity index (χ3n) is 4.18. The van der Waals surface area contributed by atoms with Gasteiger partial charge >= 0.3 is 0 Å². The van der Waals surface area contributed by atoms with Crippen molar-refractivity contribution in [2.75, 3.05) is 20.2 Å². The third-order valence-corrected chi connectivity index (χ3v) is 4.18. The largest absolute Gasteiger partial charge is 0.480 e. The summed E-state index contributed by atoms with van der Waals surface area (Å²) in [6.45, 7) is 2.50. The lowest BCUT2D eigenvalue weighted by molar-refractivity contribution is 0.390. The van der Waals surface area contributed by atoms with Gasteiger partial charge in [0.2, 0.25) is 5.88 Å². The Hall–Kier alpha value is -2.86.